The van der Waals surface area contributed by atoms with Crippen LogP contribution in [-0.4, -0.2) is 9.97 Å². The Kier molecular flexibility index (Phi) is 4.81. The van der Waals surface area contributed by atoms with Crippen LogP contribution in [0.15, 0.2) is 67.0 Å². The topological polar surface area (TPSA) is 75.9 Å². The Labute approximate surface area is 135 Å². The Morgan fingerprint density at radius 1 is 0.826 bits per heavy atom. The first-order valence-electron chi connectivity index (χ1n) is 7.49. The number of nitrogens with zero attached hydrogens (tertiary/aromatic N) is 2. The molecule has 4 N–H and O–H groups in total. The summed E-state index contributed by atoms with van der Waals surface area (Å²) in [6.07, 6.45) is 1.54. The quantitative estimate of drug-likeness (QED) is 0.651. The van der Waals surface area contributed by atoms with Crippen LogP contribution in [0.1, 0.15) is 11.1 Å². The number of benzene rings is 2. The molecule has 5 nitrogen and oxygen atoms in total. The first-order chi connectivity index (χ1) is 11.3. The molecule has 0 spiro atoms. The highest BCUT2D eigenvalue weighted by Gasteiger charge is 2.01. The summed E-state index contributed by atoms with van der Waals surface area (Å²) >= 11 is 0. The van der Waals surface area contributed by atoms with Crippen molar-refractivity contribution in [3.8, 4) is 0 Å². The van der Waals surface area contributed by atoms with Gasteiger partial charge >= 0.3 is 0 Å². The van der Waals surface area contributed by atoms with E-state index in [1.807, 2.05) is 48.5 Å². The van der Waals surface area contributed by atoms with Crippen LogP contribution in [0.25, 0.3) is 0 Å². The van der Waals surface area contributed by atoms with E-state index in [0.29, 0.717) is 6.54 Å². The van der Waals surface area contributed by atoms with Crippen molar-refractivity contribution in [3.05, 3.63) is 78.1 Å². The first kappa shape index (κ1) is 15.0. The summed E-state index contributed by atoms with van der Waals surface area (Å²) in [5, 5.41) is 6.57. The largest absolute Gasteiger partial charge is 0.366 e. The van der Waals surface area contributed by atoms with Gasteiger partial charge in [-0.3, -0.25) is 0 Å². The summed E-state index contributed by atoms with van der Waals surface area (Å²) < 4.78 is 0. The van der Waals surface area contributed by atoms with Gasteiger partial charge in [-0.1, -0.05) is 42.5 Å². The zero-order valence-electron chi connectivity index (χ0n) is 12.7. The molecule has 0 radical (unpaired) electrons. The first-order valence-corrected chi connectivity index (χ1v) is 7.49. The molecule has 0 aliphatic heterocycles. The van der Waals surface area contributed by atoms with Crippen LogP contribution in [0.5, 0.6) is 0 Å². The van der Waals surface area contributed by atoms with Crippen LogP contribution in [-0.2, 0) is 13.1 Å². The third-order valence-electron chi connectivity index (χ3n) is 3.42. The standard InChI is InChI=1S/C18H19N5/c19-11-15-7-4-8-16(9-15)23-18-10-17(21-13-22-18)20-12-14-5-2-1-3-6-14/h1-10,13H,11-12,19H2,(H2,20,21,22,23). The van der Waals surface area contributed by atoms with Crippen molar-refractivity contribution in [1.82, 2.24) is 9.97 Å². The molecule has 0 saturated carbocycles. The zero-order chi connectivity index (χ0) is 15.9. The molecule has 5 heteroatoms. The van der Waals surface area contributed by atoms with Gasteiger partial charge in [-0.15, -0.1) is 0 Å². The Bertz CT molecular complexity index is 758. The third kappa shape index (κ3) is 4.28. The van der Waals surface area contributed by atoms with E-state index in [9.17, 15) is 0 Å². The van der Waals surface area contributed by atoms with E-state index < -0.39 is 0 Å². The minimum atomic E-state index is 0.517. The third-order valence-corrected chi connectivity index (χ3v) is 3.42. The second-order valence-corrected chi connectivity index (χ2v) is 5.16. The molecule has 0 aliphatic carbocycles. The second-order valence-electron chi connectivity index (χ2n) is 5.16. The van der Waals surface area contributed by atoms with E-state index >= 15 is 0 Å². The van der Waals surface area contributed by atoms with E-state index in [2.05, 4.69) is 32.7 Å². The maximum absolute atomic E-state index is 5.67. The molecule has 1 heterocycles. The van der Waals surface area contributed by atoms with Crippen LogP contribution >= 0.6 is 0 Å². The minimum absolute atomic E-state index is 0.517. The molecule has 2 aromatic carbocycles. The number of hydrogen-bond donors (Lipinski definition) is 3. The molecule has 1 aromatic heterocycles. The molecule has 0 saturated heterocycles. The van der Waals surface area contributed by atoms with Crippen molar-refractivity contribution >= 4 is 17.3 Å². The highest BCUT2D eigenvalue weighted by atomic mass is 15.1. The predicted octanol–water partition coefficient (Wildman–Crippen LogP) is 3.29. The maximum Gasteiger partial charge on any atom is 0.135 e. The molecule has 0 amide bonds. The lowest BCUT2D eigenvalue weighted by Gasteiger charge is -2.09. The molecule has 3 rings (SSSR count). The molecule has 0 atom stereocenters. The van der Waals surface area contributed by atoms with Gasteiger partial charge in [-0.2, -0.15) is 0 Å². The average Bonchev–Trinajstić information content (AvgIpc) is 2.61. The lowest BCUT2D eigenvalue weighted by atomic mass is 10.2. The molecular formula is C18H19N5. The summed E-state index contributed by atoms with van der Waals surface area (Å²) in [5.74, 6) is 1.52. The highest BCUT2D eigenvalue weighted by molar-refractivity contribution is 5.59. The predicted molar refractivity (Wildman–Crippen MR) is 93.4 cm³/mol. The highest BCUT2D eigenvalue weighted by Crippen LogP contribution is 2.17. The summed E-state index contributed by atoms with van der Waals surface area (Å²) in [5.41, 5.74) is 8.91. The van der Waals surface area contributed by atoms with Crippen LogP contribution in [0.2, 0.25) is 0 Å². The molecule has 0 bridgehead atoms. The van der Waals surface area contributed by atoms with Crippen LogP contribution in [0, 0.1) is 0 Å². The Morgan fingerprint density at radius 3 is 2.43 bits per heavy atom. The molecule has 23 heavy (non-hydrogen) atoms. The van der Waals surface area contributed by atoms with Crippen molar-refractivity contribution in [2.75, 3.05) is 10.6 Å². The summed E-state index contributed by atoms with van der Waals surface area (Å²) in [4.78, 5) is 8.50. The maximum atomic E-state index is 5.67. The Hall–Kier alpha value is -2.92. The van der Waals surface area contributed by atoms with Gasteiger partial charge in [-0.05, 0) is 23.3 Å². The fourth-order valence-corrected chi connectivity index (χ4v) is 2.23. The van der Waals surface area contributed by atoms with Crippen LogP contribution < -0.4 is 16.4 Å². The normalized spacial score (nSPS) is 10.3. The van der Waals surface area contributed by atoms with Gasteiger partial charge in [0.05, 0.1) is 0 Å². The SMILES string of the molecule is NCc1cccc(Nc2cc(NCc3ccccc3)ncn2)c1. The van der Waals surface area contributed by atoms with Crippen molar-refractivity contribution in [2.24, 2.45) is 5.73 Å². The molecule has 0 unspecified atom stereocenters. The van der Waals surface area contributed by atoms with Gasteiger partial charge in [0, 0.05) is 24.8 Å². The van der Waals surface area contributed by atoms with E-state index in [1.165, 1.54) is 5.56 Å². The van der Waals surface area contributed by atoms with E-state index in [0.717, 1.165) is 29.4 Å². The van der Waals surface area contributed by atoms with Gasteiger partial charge in [0.15, 0.2) is 0 Å². The monoisotopic (exact) mass is 305 g/mol. The molecule has 0 fully saturated rings. The number of nitrogens with one attached hydrogen (secondary N) is 2. The number of nitrogens with two attached hydrogens (primary N) is 1. The summed E-state index contributed by atoms with van der Waals surface area (Å²) in [6, 6.07) is 20.1. The van der Waals surface area contributed by atoms with Crippen LogP contribution in [0.3, 0.4) is 0 Å². The van der Waals surface area contributed by atoms with Gasteiger partial charge in [0.25, 0.3) is 0 Å². The second kappa shape index (κ2) is 7.38. The van der Waals surface area contributed by atoms with Crippen LogP contribution in [0.4, 0.5) is 17.3 Å². The number of hydrogen-bond acceptors (Lipinski definition) is 5. The molecule has 3 aromatic rings. The summed E-state index contributed by atoms with van der Waals surface area (Å²) in [6.45, 7) is 1.24. The van der Waals surface area contributed by atoms with Crippen molar-refractivity contribution in [2.45, 2.75) is 13.1 Å². The Morgan fingerprint density at radius 2 is 1.61 bits per heavy atom. The van der Waals surface area contributed by atoms with Gasteiger partial charge in [-0.25, -0.2) is 9.97 Å². The summed E-state index contributed by atoms with van der Waals surface area (Å²) in [7, 11) is 0. The fraction of sp³-hybridized carbons (Fsp3) is 0.111. The van der Waals surface area contributed by atoms with Crippen molar-refractivity contribution < 1.29 is 0 Å². The lowest BCUT2D eigenvalue weighted by molar-refractivity contribution is 1.07. The molecular weight excluding hydrogens is 286 g/mol. The number of anilines is 3. The smallest absolute Gasteiger partial charge is 0.135 e. The van der Waals surface area contributed by atoms with Gasteiger partial charge < -0.3 is 16.4 Å². The van der Waals surface area contributed by atoms with E-state index in [1.54, 1.807) is 6.33 Å². The lowest BCUT2D eigenvalue weighted by Crippen LogP contribution is -2.03. The molecule has 116 valence electrons. The van der Waals surface area contributed by atoms with E-state index in [4.69, 9.17) is 5.73 Å². The minimum Gasteiger partial charge on any atom is -0.366 e. The fourth-order valence-electron chi connectivity index (χ4n) is 2.23. The average molecular weight is 305 g/mol. The van der Waals surface area contributed by atoms with Gasteiger partial charge in [0.1, 0.15) is 18.0 Å². The number of rotatable bonds is 6. The molecule has 0 aliphatic rings. The zero-order valence-corrected chi connectivity index (χ0v) is 12.7. The Balaban J connectivity index is 1.67. The van der Waals surface area contributed by atoms with Crippen molar-refractivity contribution in [1.29, 1.82) is 0 Å². The van der Waals surface area contributed by atoms with E-state index in [-0.39, 0.29) is 0 Å². The number of aromatic nitrogens is 2. The van der Waals surface area contributed by atoms with Gasteiger partial charge in [0.2, 0.25) is 0 Å². The van der Waals surface area contributed by atoms with Crippen molar-refractivity contribution in [3.63, 3.8) is 0 Å².